The summed E-state index contributed by atoms with van der Waals surface area (Å²) in [4.78, 5) is 23.3. The number of likely N-dealkylation sites (tertiary alicyclic amines) is 1. The van der Waals surface area contributed by atoms with Crippen LogP contribution in [0.5, 0.6) is 5.75 Å². The number of rotatable bonds is 3. The molecule has 0 unspecified atom stereocenters. The van der Waals surface area contributed by atoms with Crippen LogP contribution in [0.15, 0.2) is 29.7 Å². The maximum atomic E-state index is 12.3. The summed E-state index contributed by atoms with van der Waals surface area (Å²) in [6.45, 7) is 3.28. The van der Waals surface area contributed by atoms with Crippen LogP contribution in [0.4, 0.5) is 0 Å². The number of nitrogens with zero attached hydrogens (tertiary/aromatic N) is 3. The highest BCUT2D eigenvalue weighted by atomic mass is 16.6. The van der Waals surface area contributed by atoms with E-state index in [2.05, 4.69) is 10.1 Å². The van der Waals surface area contributed by atoms with Crippen molar-refractivity contribution in [1.29, 1.82) is 0 Å². The van der Waals surface area contributed by atoms with Crippen LogP contribution in [0.3, 0.4) is 0 Å². The summed E-state index contributed by atoms with van der Waals surface area (Å²) in [6.07, 6.45) is 5.43. The van der Waals surface area contributed by atoms with Gasteiger partial charge in [0.1, 0.15) is 11.9 Å². The number of hydrogen-bond donors (Lipinski definition) is 0. The fourth-order valence-corrected chi connectivity index (χ4v) is 2.64. The van der Waals surface area contributed by atoms with Crippen LogP contribution in [0.2, 0.25) is 0 Å². The average Bonchev–Trinajstić information content (AvgIpc) is 2.95. The number of carbonyl (C=O) groups excluding carboxylic acids is 1. The predicted octanol–water partition coefficient (Wildman–Crippen LogP) is 1.62. The van der Waals surface area contributed by atoms with Gasteiger partial charge in [-0.2, -0.15) is 0 Å². The molecule has 3 heterocycles. The van der Waals surface area contributed by atoms with Gasteiger partial charge in [-0.15, -0.1) is 0 Å². The van der Waals surface area contributed by atoms with E-state index in [0.29, 0.717) is 19.5 Å². The van der Waals surface area contributed by atoms with Crippen molar-refractivity contribution in [2.75, 3.05) is 13.1 Å². The van der Waals surface area contributed by atoms with Gasteiger partial charge in [-0.1, -0.05) is 5.16 Å². The van der Waals surface area contributed by atoms with Gasteiger partial charge in [0.25, 0.3) is 5.91 Å². The maximum absolute atomic E-state index is 12.3. The van der Waals surface area contributed by atoms with Crippen molar-refractivity contribution >= 4 is 11.6 Å². The van der Waals surface area contributed by atoms with Gasteiger partial charge in [0.2, 0.25) is 6.10 Å². The molecule has 21 heavy (non-hydrogen) atoms. The molecule has 0 aliphatic carbocycles. The van der Waals surface area contributed by atoms with Gasteiger partial charge in [-0.05, 0) is 19.1 Å². The van der Waals surface area contributed by atoms with Crippen molar-refractivity contribution in [2.45, 2.75) is 38.4 Å². The third-order valence-corrected chi connectivity index (χ3v) is 3.80. The predicted molar refractivity (Wildman–Crippen MR) is 77.1 cm³/mol. The first kappa shape index (κ1) is 13.9. The van der Waals surface area contributed by atoms with E-state index in [1.54, 1.807) is 12.4 Å². The zero-order valence-corrected chi connectivity index (χ0v) is 12.1. The van der Waals surface area contributed by atoms with Crippen LogP contribution in [0.1, 0.15) is 26.2 Å². The molecule has 0 N–H and O–H groups in total. The molecule has 2 aliphatic rings. The lowest BCUT2D eigenvalue weighted by molar-refractivity contribution is -0.143. The number of piperidine rings is 1. The molecule has 1 aromatic heterocycles. The molecule has 0 bridgehead atoms. The topological polar surface area (TPSA) is 64.0 Å². The molecule has 0 spiro atoms. The summed E-state index contributed by atoms with van der Waals surface area (Å²) in [5.74, 6) is 0.871. The van der Waals surface area contributed by atoms with Crippen LogP contribution < -0.4 is 4.74 Å². The number of carbonyl (C=O) groups is 1. The monoisotopic (exact) mass is 289 g/mol. The largest absolute Gasteiger partial charge is 0.490 e. The normalized spacial score (nSPS) is 22.6. The lowest BCUT2D eigenvalue weighted by Gasteiger charge is -2.33. The lowest BCUT2D eigenvalue weighted by atomic mass is 10.1. The van der Waals surface area contributed by atoms with Crippen molar-refractivity contribution in [3.8, 4) is 5.75 Å². The Bertz CT molecular complexity index is 524. The van der Waals surface area contributed by atoms with Crippen LogP contribution in [-0.2, 0) is 9.63 Å². The standard InChI is InChI=1S/C15H19N3O3/c1-11-10-14(21-17-11)15(19)18-8-4-13(5-9-18)20-12-2-6-16-7-3-12/h2-3,6-7,13-14H,4-5,8-10H2,1H3/t14-/m0/s1. The van der Waals surface area contributed by atoms with E-state index in [9.17, 15) is 4.79 Å². The van der Waals surface area contributed by atoms with Gasteiger partial charge in [-0.25, -0.2) is 0 Å². The van der Waals surface area contributed by atoms with Gasteiger partial charge >= 0.3 is 0 Å². The highest BCUT2D eigenvalue weighted by Gasteiger charge is 2.32. The Morgan fingerprint density at radius 1 is 1.33 bits per heavy atom. The van der Waals surface area contributed by atoms with E-state index in [1.807, 2.05) is 24.0 Å². The molecule has 1 amide bonds. The van der Waals surface area contributed by atoms with Gasteiger partial charge in [-0.3, -0.25) is 9.78 Å². The Morgan fingerprint density at radius 2 is 2.05 bits per heavy atom. The smallest absolute Gasteiger partial charge is 0.266 e. The van der Waals surface area contributed by atoms with Gasteiger partial charge in [0.05, 0.1) is 5.71 Å². The summed E-state index contributed by atoms with van der Waals surface area (Å²) in [7, 11) is 0. The molecule has 0 aromatic carbocycles. The minimum atomic E-state index is -0.428. The molecule has 6 nitrogen and oxygen atoms in total. The van der Waals surface area contributed by atoms with Crippen molar-refractivity contribution in [3.05, 3.63) is 24.5 Å². The molecule has 1 atom stereocenters. The van der Waals surface area contributed by atoms with E-state index in [1.165, 1.54) is 0 Å². The first-order chi connectivity index (χ1) is 10.2. The van der Waals surface area contributed by atoms with Crippen LogP contribution in [-0.4, -0.2) is 46.8 Å². The van der Waals surface area contributed by atoms with Gasteiger partial charge < -0.3 is 14.5 Å². The van der Waals surface area contributed by atoms with Gasteiger partial charge in [0, 0.05) is 44.7 Å². The number of amides is 1. The molecule has 0 saturated carbocycles. The number of oxime groups is 1. The van der Waals surface area contributed by atoms with Gasteiger partial charge in [0.15, 0.2) is 0 Å². The molecule has 0 radical (unpaired) electrons. The molecule has 6 heteroatoms. The summed E-state index contributed by atoms with van der Waals surface area (Å²) in [5, 5.41) is 3.84. The fraction of sp³-hybridized carbons (Fsp3) is 0.533. The summed E-state index contributed by atoms with van der Waals surface area (Å²) in [5.41, 5.74) is 0.879. The third kappa shape index (κ3) is 3.32. The van der Waals surface area contributed by atoms with Crippen molar-refractivity contribution in [1.82, 2.24) is 9.88 Å². The minimum Gasteiger partial charge on any atom is -0.490 e. The van der Waals surface area contributed by atoms with Crippen LogP contribution >= 0.6 is 0 Å². The zero-order chi connectivity index (χ0) is 14.7. The van der Waals surface area contributed by atoms with Crippen LogP contribution in [0, 0.1) is 0 Å². The quantitative estimate of drug-likeness (QED) is 0.848. The Labute approximate surface area is 123 Å². The van der Waals surface area contributed by atoms with E-state index < -0.39 is 6.10 Å². The highest BCUT2D eigenvalue weighted by Crippen LogP contribution is 2.20. The summed E-state index contributed by atoms with van der Waals surface area (Å²) in [6, 6.07) is 3.70. The summed E-state index contributed by atoms with van der Waals surface area (Å²) < 4.78 is 5.89. The molecule has 1 fully saturated rings. The highest BCUT2D eigenvalue weighted by molar-refractivity contribution is 5.91. The van der Waals surface area contributed by atoms with Crippen molar-refractivity contribution in [3.63, 3.8) is 0 Å². The Hall–Kier alpha value is -2.11. The minimum absolute atomic E-state index is 0.0398. The summed E-state index contributed by atoms with van der Waals surface area (Å²) >= 11 is 0. The average molecular weight is 289 g/mol. The molecular formula is C15H19N3O3. The lowest BCUT2D eigenvalue weighted by Crippen LogP contribution is -2.46. The second-order valence-electron chi connectivity index (χ2n) is 5.45. The fourth-order valence-electron chi connectivity index (χ4n) is 2.64. The molecular weight excluding hydrogens is 270 g/mol. The number of aromatic nitrogens is 1. The molecule has 2 aliphatic heterocycles. The van der Waals surface area contributed by atoms with E-state index in [0.717, 1.165) is 24.3 Å². The molecule has 112 valence electrons. The third-order valence-electron chi connectivity index (χ3n) is 3.80. The molecule has 3 rings (SSSR count). The Kier molecular flexibility index (Phi) is 4.03. The number of ether oxygens (including phenoxy) is 1. The second-order valence-corrected chi connectivity index (χ2v) is 5.45. The van der Waals surface area contributed by atoms with Crippen LogP contribution in [0.25, 0.3) is 0 Å². The Morgan fingerprint density at radius 3 is 2.67 bits per heavy atom. The first-order valence-corrected chi connectivity index (χ1v) is 7.27. The van der Waals surface area contributed by atoms with Crippen molar-refractivity contribution < 1.29 is 14.4 Å². The number of hydrogen-bond acceptors (Lipinski definition) is 5. The second kappa shape index (κ2) is 6.11. The molecule has 1 saturated heterocycles. The van der Waals surface area contributed by atoms with E-state index in [4.69, 9.17) is 9.57 Å². The SMILES string of the molecule is CC1=NO[C@H](C(=O)N2CCC(Oc3ccncc3)CC2)C1. The first-order valence-electron chi connectivity index (χ1n) is 7.27. The van der Waals surface area contributed by atoms with Crippen molar-refractivity contribution in [2.24, 2.45) is 5.16 Å². The van der Waals surface area contributed by atoms with E-state index >= 15 is 0 Å². The molecule has 1 aromatic rings. The van der Waals surface area contributed by atoms with E-state index in [-0.39, 0.29) is 12.0 Å². The Balaban J connectivity index is 1.48. The maximum Gasteiger partial charge on any atom is 0.266 e. The number of pyridine rings is 1. The zero-order valence-electron chi connectivity index (χ0n) is 12.1.